The molecular formula is C9H18O2S. The van der Waals surface area contributed by atoms with Gasteiger partial charge in [0.1, 0.15) is 0 Å². The van der Waals surface area contributed by atoms with Crippen LogP contribution in [0.2, 0.25) is 0 Å². The van der Waals surface area contributed by atoms with Gasteiger partial charge >= 0.3 is 5.97 Å². The summed E-state index contributed by atoms with van der Waals surface area (Å²) < 4.78 is 4.79. The monoisotopic (exact) mass is 190 g/mol. The van der Waals surface area contributed by atoms with Gasteiger partial charge in [0.2, 0.25) is 0 Å². The average molecular weight is 190 g/mol. The molecule has 0 aliphatic heterocycles. The van der Waals surface area contributed by atoms with Crippen molar-refractivity contribution >= 4 is 18.6 Å². The van der Waals surface area contributed by atoms with Crippen molar-refractivity contribution in [2.24, 2.45) is 0 Å². The van der Waals surface area contributed by atoms with Crippen LogP contribution >= 0.6 is 12.6 Å². The largest absolute Gasteiger partial charge is 0.466 e. The SMILES string of the molecule is CCOC(=O)CCCC[C@H](C)S. The van der Waals surface area contributed by atoms with Crippen LogP contribution in [-0.2, 0) is 9.53 Å². The summed E-state index contributed by atoms with van der Waals surface area (Å²) in [4.78, 5) is 10.8. The Morgan fingerprint density at radius 2 is 2.17 bits per heavy atom. The summed E-state index contributed by atoms with van der Waals surface area (Å²) in [6.07, 6.45) is 3.60. The molecule has 0 aromatic rings. The van der Waals surface area contributed by atoms with Crippen molar-refractivity contribution < 1.29 is 9.53 Å². The van der Waals surface area contributed by atoms with Crippen LogP contribution in [0.1, 0.15) is 39.5 Å². The topological polar surface area (TPSA) is 26.3 Å². The third-order valence-corrected chi connectivity index (χ3v) is 1.82. The molecule has 1 atom stereocenters. The highest BCUT2D eigenvalue weighted by atomic mass is 32.1. The summed E-state index contributed by atoms with van der Waals surface area (Å²) in [5.74, 6) is -0.0793. The van der Waals surface area contributed by atoms with E-state index in [-0.39, 0.29) is 5.97 Å². The molecular weight excluding hydrogens is 172 g/mol. The Hall–Kier alpha value is -0.180. The third-order valence-electron chi connectivity index (χ3n) is 1.56. The molecule has 0 aliphatic rings. The number of thiol groups is 1. The number of rotatable bonds is 6. The molecule has 0 fully saturated rings. The Bertz CT molecular complexity index is 124. The third kappa shape index (κ3) is 7.92. The van der Waals surface area contributed by atoms with Crippen LogP contribution in [0, 0.1) is 0 Å². The number of carbonyl (C=O) groups is 1. The zero-order valence-corrected chi connectivity index (χ0v) is 8.77. The van der Waals surface area contributed by atoms with E-state index < -0.39 is 0 Å². The minimum absolute atomic E-state index is 0.0793. The second kappa shape index (κ2) is 7.47. The van der Waals surface area contributed by atoms with Crippen molar-refractivity contribution in [3.63, 3.8) is 0 Å². The first-order valence-electron chi connectivity index (χ1n) is 4.50. The van der Waals surface area contributed by atoms with E-state index >= 15 is 0 Å². The van der Waals surface area contributed by atoms with Crippen LogP contribution in [0.4, 0.5) is 0 Å². The summed E-state index contributed by atoms with van der Waals surface area (Å²) in [6.45, 7) is 4.38. The van der Waals surface area contributed by atoms with E-state index in [1.54, 1.807) is 0 Å². The summed E-state index contributed by atoms with van der Waals surface area (Å²) in [7, 11) is 0. The standard InChI is InChI=1S/C9H18O2S/c1-3-11-9(10)7-5-4-6-8(2)12/h8,12H,3-7H2,1-2H3/t8-/m0/s1. The maximum absolute atomic E-state index is 10.8. The Labute approximate surface area is 80.1 Å². The highest BCUT2D eigenvalue weighted by Crippen LogP contribution is 2.07. The van der Waals surface area contributed by atoms with Gasteiger partial charge in [-0.2, -0.15) is 12.6 Å². The molecule has 0 bridgehead atoms. The van der Waals surface area contributed by atoms with E-state index in [2.05, 4.69) is 19.6 Å². The lowest BCUT2D eigenvalue weighted by Gasteiger charge is -2.03. The Morgan fingerprint density at radius 3 is 2.67 bits per heavy atom. The van der Waals surface area contributed by atoms with E-state index in [0.717, 1.165) is 19.3 Å². The molecule has 0 aromatic carbocycles. The zero-order valence-electron chi connectivity index (χ0n) is 7.88. The van der Waals surface area contributed by atoms with Gasteiger partial charge in [-0.1, -0.05) is 13.3 Å². The van der Waals surface area contributed by atoms with Crippen molar-refractivity contribution in [1.29, 1.82) is 0 Å². The van der Waals surface area contributed by atoms with Crippen molar-refractivity contribution in [3.05, 3.63) is 0 Å². The fourth-order valence-corrected chi connectivity index (χ4v) is 1.12. The maximum atomic E-state index is 10.8. The molecule has 0 spiro atoms. The summed E-state index contributed by atoms with van der Waals surface area (Å²) >= 11 is 4.25. The van der Waals surface area contributed by atoms with Crippen molar-refractivity contribution in [3.8, 4) is 0 Å². The molecule has 0 aliphatic carbocycles. The van der Waals surface area contributed by atoms with Crippen LogP contribution in [0.15, 0.2) is 0 Å². The number of unbranched alkanes of at least 4 members (excludes halogenated alkanes) is 1. The molecule has 72 valence electrons. The first-order valence-corrected chi connectivity index (χ1v) is 5.02. The van der Waals surface area contributed by atoms with E-state index in [1.165, 1.54) is 0 Å². The Balaban J connectivity index is 3.14. The molecule has 3 heteroatoms. The van der Waals surface area contributed by atoms with Gasteiger partial charge in [0, 0.05) is 6.42 Å². The van der Waals surface area contributed by atoms with E-state index in [1.807, 2.05) is 6.92 Å². The van der Waals surface area contributed by atoms with Gasteiger partial charge in [-0.05, 0) is 25.0 Å². The van der Waals surface area contributed by atoms with Crippen LogP contribution in [0.3, 0.4) is 0 Å². The van der Waals surface area contributed by atoms with Crippen LogP contribution in [-0.4, -0.2) is 17.8 Å². The van der Waals surface area contributed by atoms with Gasteiger partial charge in [-0.25, -0.2) is 0 Å². The number of hydrogen-bond acceptors (Lipinski definition) is 3. The van der Waals surface area contributed by atoms with Crippen LogP contribution in [0.5, 0.6) is 0 Å². The molecule has 0 heterocycles. The van der Waals surface area contributed by atoms with E-state index in [0.29, 0.717) is 18.3 Å². The van der Waals surface area contributed by atoms with Crippen molar-refractivity contribution in [1.82, 2.24) is 0 Å². The Morgan fingerprint density at radius 1 is 1.50 bits per heavy atom. The smallest absolute Gasteiger partial charge is 0.305 e. The normalized spacial score (nSPS) is 12.6. The highest BCUT2D eigenvalue weighted by molar-refractivity contribution is 7.80. The molecule has 2 nitrogen and oxygen atoms in total. The number of ether oxygens (including phenoxy) is 1. The average Bonchev–Trinajstić information content (AvgIpc) is 1.98. The first-order chi connectivity index (χ1) is 5.66. The van der Waals surface area contributed by atoms with Gasteiger partial charge in [0.15, 0.2) is 0 Å². The molecule has 0 N–H and O–H groups in total. The van der Waals surface area contributed by atoms with Crippen LogP contribution < -0.4 is 0 Å². The van der Waals surface area contributed by atoms with E-state index in [9.17, 15) is 4.79 Å². The molecule has 12 heavy (non-hydrogen) atoms. The molecule has 0 radical (unpaired) electrons. The second-order valence-electron chi connectivity index (χ2n) is 2.90. The summed E-state index contributed by atoms with van der Waals surface area (Å²) in [6, 6.07) is 0. The van der Waals surface area contributed by atoms with Gasteiger partial charge in [0.25, 0.3) is 0 Å². The minimum Gasteiger partial charge on any atom is -0.466 e. The van der Waals surface area contributed by atoms with Gasteiger partial charge in [-0.15, -0.1) is 0 Å². The minimum atomic E-state index is -0.0793. The number of carbonyl (C=O) groups excluding carboxylic acids is 1. The predicted molar refractivity (Wildman–Crippen MR) is 53.5 cm³/mol. The first kappa shape index (κ1) is 11.8. The zero-order chi connectivity index (χ0) is 9.40. The van der Waals surface area contributed by atoms with Crippen molar-refractivity contribution in [2.45, 2.75) is 44.8 Å². The number of hydrogen-bond donors (Lipinski definition) is 1. The van der Waals surface area contributed by atoms with E-state index in [4.69, 9.17) is 4.74 Å². The lowest BCUT2D eigenvalue weighted by molar-refractivity contribution is -0.143. The van der Waals surface area contributed by atoms with Crippen molar-refractivity contribution in [2.75, 3.05) is 6.61 Å². The number of esters is 1. The molecule has 0 amide bonds. The lowest BCUT2D eigenvalue weighted by atomic mass is 10.1. The molecule has 0 saturated heterocycles. The predicted octanol–water partition coefficient (Wildman–Crippen LogP) is 2.43. The molecule has 0 aromatic heterocycles. The Kier molecular flexibility index (Phi) is 7.36. The second-order valence-corrected chi connectivity index (χ2v) is 3.78. The van der Waals surface area contributed by atoms with Crippen LogP contribution in [0.25, 0.3) is 0 Å². The fourth-order valence-electron chi connectivity index (χ4n) is 0.942. The molecule has 0 unspecified atom stereocenters. The summed E-state index contributed by atoms with van der Waals surface area (Å²) in [5.41, 5.74) is 0. The lowest BCUT2D eigenvalue weighted by Crippen LogP contribution is -2.03. The van der Waals surface area contributed by atoms with Gasteiger partial charge in [0.05, 0.1) is 6.61 Å². The highest BCUT2D eigenvalue weighted by Gasteiger charge is 2.01. The maximum Gasteiger partial charge on any atom is 0.305 e. The summed E-state index contributed by atoms with van der Waals surface area (Å²) in [5, 5.41) is 0.437. The molecule has 0 saturated carbocycles. The fraction of sp³-hybridized carbons (Fsp3) is 0.889. The quantitative estimate of drug-likeness (QED) is 0.395. The van der Waals surface area contributed by atoms with Gasteiger partial charge in [-0.3, -0.25) is 4.79 Å². The molecule has 0 rings (SSSR count). The van der Waals surface area contributed by atoms with Gasteiger partial charge < -0.3 is 4.74 Å².